The fourth-order valence-electron chi connectivity index (χ4n) is 2.85. The lowest BCUT2D eigenvalue weighted by Gasteiger charge is -2.27. The van der Waals surface area contributed by atoms with Crippen LogP contribution in [0.2, 0.25) is 0 Å². The first-order valence-electron chi connectivity index (χ1n) is 7.97. The minimum Gasteiger partial charge on any atom is -0.343 e. The molecule has 1 aromatic carbocycles. The molecule has 1 fully saturated rings. The highest BCUT2D eigenvalue weighted by atomic mass is 19.1. The Bertz CT molecular complexity index is 441. The third kappa shape index (κ3) is 4.81. The molecule has 1 heterocycles. The molecule has 0 spiro atoms. The molecular formula is C17H25FN2O. The van der Waals surface area contributed by atoms with Crippen LogP contribution in [-0.2, 0) is 4.79 Å². The lowest BCUT2D eigenvalue weighted by molar-refractivity contribution is -0.132. The molecule has 2 rings (SSSR count). The number of piperidine rings is 1. The molecule has 0 radical (unpaired) electrons. The number of nitrogens with zero attached hydrogens (tertiary/aromatic N) is 1. The van der Waals surface area contributed by atoms with Gasteiger partial charge in [0, 0.05) is 32.1 Å². The fraction of sp³-hybridized carbons (Fsp3) is 0.588. The van der Waals surface area contributed by atoms with Gasteiger partial charge in [-0.15, -0.1) is 0 Å². The van der Waals surface area contributed by atoms with Crippen LogP contribution in [0.5, 0.6) is 0 Å². The molecule has 1 atom stereocenters. The van der Waals surface area contributed by atoms with Gasteiger partial charge >= 0.3 is 0 Å². The molecule has 1 aliphatic rings. The first-order valence-corrected chi connectivity index (χ1v) is 7.97. The maximum atomic E-state index is 12.9. The summed E-state index contributed by atoms with van der Waals surface area (Å²) in [4.78, 5) is 14.1. The quantitative estimate of drug-likeness (QED) is 0.873. The Kier molecular flexibility index (Phi) is 6.18. The molecule has 1 saturated heterocycles. The van der Waals surface area contributed by atoms with Gasteiger partial charge in [-0.05, 0) is 43.4 Å². The molecule has 1 aromatic rings. The lowest BCUT2D eigenvalue weighted by Crippen LogP contribution is -2.37. The van der Waals surface area contributed by atoms with Crippen LogP contribution in [0.3, 0.4) is 0 Å². The third-order valence-corrected chi connectivity index (χ3v) is 4.12. The summed E-state index contributed by atoms with van der Waals surface area (Å²) in [6.45, 7) is 4.58. The van der Waals surface area contributed by atoms with Crippen molar-refractivity contribution in [1.29, 1.82) is 0 Å². The van der Waals surface area contributed by atoms with Crippen molar-refractivity contribution in [3.63, 3.8) is 0 Å². The van der Waals surface area contributed by atoms with E-state index in [1.807, 2.05) is 17.0 Å². The summed E-state index contributed by atoms with van der Waals surface area (Å²) >= 11 is 0. The molecule has 1 amide bonds. The van der Waals surface area contributed by atoms with Crippen molar-refractivity contribution in [2.75, 3.05) is 19.6 Å². The molecule has 21 heavy (non-hydrogen) atoms. The second-order valence-electron chi connectivity index (χ2n) is 5.66. The number of halogens is 1. The Labute approximate surface area is 126 Å². The number of nitrogens with one attached hydrogen (secondary N) is 1. The van der Waals surface area contributed by atoms with Crippen LogP contribution in [0.4, 0.5) is 4.39 Å². The zero-order valence-electron chi connectivity index (χ0n) is 12.8. The van der Waals surface area contributed by atoms with Gasteiger partial charge < -0.3 is 10.2 Å². The summed E-state index contributed by atoms with van der Waals surface area (Å²) in [6.07, 6.45) is 4.96. The molecule has 3 nitrogen and oxygen atoms in total. The van der Waals surface area contributed by atoms with Gasteiger partial charge in [0.25, 0.3) is 0 Å². The van der Waals surface area contributed by atoms with Gasteiger partial charge in [-0.25, -0.2) is 4.39 Å². The molecule has 0 saturated carbocycles. The van der Waals surface area contributed by atoms with Gasteiger partial charge in [0.15, 0.2) is 0 Å². The van der Waals surface area contributed by atoms with Gasteiger partial charge in [-0.2, -0.15) is 0 Å². The van der Waals surface area contributed by atoms with Crippen molar-refractivity contribution in [3.8, 4) is 0 Å². The van der Waals surface area contributed by atoms with Crippen molar-refractivity contribution in [2.24, 2.45) is 0 Å². The second kappa shape index (κ2) is 8.13. The third-order valence-electron chi connectivity index (χ3n) is 4.12. The molecule has 1 aliphatic heterocycles. The number of amides is 1. The Hall–Kier alpha value is -1.42. The number of carbonyl (C=O) groups excluding carboxylic acids is 1. The van der Waals surface area contributed by atoms with E-state index in [0.717, 1.165) is 37.9 Å². The van der Waals surface area contributed by atoms with Crippen LogP contribution < -0.4 is 5.32 Å². The number of hydrogen-bond acceptors (Lipinski definition) is 2. The minimum absolute atomic E-state index is 0.180. The van der Waals surface area contributed by atoms with Gasteiger partial charge in [0.1, 0.15) is 5.82 Å². The monoisotopic (exact) mass is 292 g/mol. The van der Waals surface area contributed by atoms with Crippen LogP contribution in [-0.4, -0.2) is 30.4 Å². The van der Waals surface area contributed by atoms with Crippen molar-refractivity contribution < 1.29 is 9.18 Å². The highest BCUT2D eigenvalue weighted by Crippen LogP contribution is 2.17. The van der Waals surface area contributed by atoms with Gasteiger partial charge in [-0.1, -0.05) is 19.1 Å². The van der Waals surface area contributed by atoms with Gasteiger partial charge in [0.05, 0.1) is 0 Å². The number of likely N-dealkylation sites (tertiary alicyclic amines) is 1. The summed E-state index contributed by atoms with van der Waals surface area (Å²) in [6, 6.07) is 6.77. The van der Waals surface area contributed by atoms with E-state index in [1.54, 1.807) is 0 Å². The van der Waals surface area contributed by atoms with E-state index in [4.69, 9.17) is 0 Å². The Morgan fingerprint density at radius 2 is 1.90 bits per heavy atom. The minimum atomic E-state index is -0.214. The van der Waals surface area contributed by atoms with E-state index in [9.17, 15) is 9.18 Å². The average molecular weight is 292 g/mol. The van der Waals surface area contributed by atoms with Crippen molar-refractivity contribution >= 4 is 5.91 Å². The van der Waals surface area contributed by atoms with E-state index in [0.29, 0.717) is 13.0 Å². The summed E-state index contributed by atoms with van der Waals surface area (Å²) in [7, 11) is 0. The Morgan fingerprint density at radius 3 is 2.52 bits per heavy atom. The van der Waals surface area contributed by atoms with E-state index in [1.165, 1.54) is 18.6 Å². The zero-order valence-corrected chi connectivity index (χ0v) is 12.8. The molecule has 4 heteroatoms. The predicted octanol–water partition coefficient (Wildman–Crippen LogP) is 3.27. The number of hydrogen-bond donors (Lipinski definition) is 1. The molecule has 116 valence electrons. The maximum Gasteiger partial charge on any atom is 0.223 e. The molecular weight excluding hydrogens is 267 g/mol. The van der Waals surface area contributed by atoms with Crippen LogP contribution >= 0.6 is 0 Å². The first kappa shape index (κ1) is 16.0. The summed E-state index contributed by atoms with van der Waals surface area (Å²) in [5.41, 5.74) is 1.07. The SMILES string of the molecule is CCC(NCCC(=O)N1CCCCC1)c1ccc(F)cc1. The highest BCUT2D eigenvalue weighted by Gasteiger charge is 2.16. The molecule has 1 N–H and O–H groups in total. The Morgan fingerprint density at radius 1 is 1.24 bits per heavy atom. The fourth-order valence-corrected chi connectivity index (χ4v) is 2.85. The Balaban J connectivity index is 1.77. The normalized spacial score (nSPS) is 16.8. The van der Waals surface area contributed by atoms with E-state index in [2.05, 4.69) is 12.2 Å². The molecule has 1 unspecified atom stereocenters. The first-order chi connectivity index (χ1) is 10.2. The number of rotatable bonds is 6. The maximum absolute atomic E-state index is 12.9. The van der Waals surface area contributed by atoms with E-state index < -0.39 is 0 Å². The van der Waals surface area contributed by atoms with Crippen molar-refractivity contribution in [1.82, 2.24) is 10.2 Å². The van der Waals surface area contributed by atoms with Crippen LogP contribution in [0.15, 0.2) is 24.3 Å². The van der Waals surface area contributed by atoms with Crippen LogP contribution in [0, 0.1) is 5.82 Å². The van der Waals surface area contributed by atoms with E-state index >= 15 is 0 Å². The molecule has 0 aliphatic carbocycles. The van der Waals surface area contributed by atoms with Crippen molar-refractivity contribution in [3.05, 3.63) is 35.6 Å². The highest BCUT2D eigenvalue weighted by molar-refractivity contribution is 5.76. The van der Waals surface area contributed by atoms with Crippen LogP contribution in [0.25, 0.3) is 0 Å². The van der Waals surface area contributed by atoms with Crippen molar-refractivity contribution in [2.45, 2.75) is 45.1 Å². The van der Waals surface area contributed by atoms with Crippen LogP contribution in [0.1, 0.15) is 50.6 Å². The summed E-state index contributed by atoms with van der Waals surface area (Å²) in [5, 5.41) is 3.41. The predicted molar refractivity (Wildman–Crippen MR) is 82.5 cm³/mol. The molecule has 0 bridgehead atoms. The second-order valence-corrected chi connectivity index (χ2v) is 5.66. The summed E-state index contributed by atoms with van der Waals surface area (Å²) in [5.74, 6) is 0.0324. The zero-order chi connectivity index (χ0) is 15.1. The van der Waals surface area contributed by atoms with Gasteiger partial charge in [0.2, 0.25) is 5.91 Å². The largest absolute Gasteiger partial charge is 0.343 e. The molecule has 0 aromatic heterocycles. The summed E-state index contributed by atoms with van der Waals surface area (Å²) < 4.78 is 12.9. The van der Waals surface area contributed by atoms with Gasteiger partial charge in [-0.3, -0.25) is 4.79 Å². The lowest BCUT2D eigenvalue weighted by atomic mass is 10.0. The number of benzene rings is 1. The standard InChI is InChI=1S/C17H25FN2O/c1-2-16(14-6-8-15(18)9-7-14)19-11-10-17(21)20-12-4-3-5-13-20/h6-9,16,19H,2-5,10-13H2,1H3. The van der Waals surface area contributed by atoms with E-state index in [-0.39, 0.29) is 17.8 Å². The number of carbonyl (C=O) groups is 1. The average Bonchev–Trinajstić information content (AvgIpc) is 2.53. The topological polar surface area (TPSA) is 32.3 Å². The smallest absolute Gasteiger partial charge is 0.223 e.